The first kappa shape index (κ1) is 16.8. The van der Waals surface area contributed by atoms with E-state index in [1.54, 1.807) is 0 Å². The van der Waals surface area contributed by atoms with Gasteiger partial charge in [-0.1, -0.05) is 36.3 Å². The highest BCUT2D eigenvalue weighted by atomic mass is 16.1. The molecule has 0 aliphatic rings. The maximum absolute atomic E-state index is 12.2. The van der Waals surface area contributed by atoms with Crippen molar-refractivity contribution < 1.29 is 4.79 Å². The molecule has 0 fully saturated rings. The number of nitrogens with one attached hydrogen (secondary N) is 1. The fraction of sp³-hybridized carbons (Fsp3) is 0.238. The Hall–Kier alpha value is -3.06. The minimum Gasteiger partial charge on any atom is -0.352 e. The van der Waals surface area contributed by atoms with Crippen LogP contribution in [0.1, 0.15) is 28.2 Å². The minimum atomic E-state index is -0.0322. The molecule has 1 amide bonds. The summed E-state index contributed by atoms with van der Waals surface area (Å²) >= 11 is 0. The zero-order valence-electron chi connectivity index (χ0n) is 14.3. The number of rotatable bonds is 6. The predicted molar refractivity (Wildman–Crippen MR) is 100 cm³/mol. The number of fused-ring (bicyclic) bond motifs is 1. The Morgan fingerprint density at radius 2 is 1.96 bits per heavy atom. The van der Waals surface area contributed by atoms with Crippen LogP contribution in [0.25, 0.3) is 11.0 Å². The van der Waals surface area contributed by atoms with E-state index in [0.29, 0.717) is 13.1 Å². The standard InChI is InChI=1S/C21H21N3O/c1-3-15-24-19-12-7-6-11-18(19)23-20(24)13-8-14-22-21(25)17-10-5-4-9-16(17)2/h1,4-7,9-12H,8,13-15H2,2H3,(H,22,25). The molecule has 1 aromatic heterocycles. The molecule has 2 aromatic carbocycles. The summed E-state index contributed by atoms with van der Waals surface area (Å²) in [6.45, 7) is 3.05. The molecule has 0 atom stereocenters. The van der Waals surface area contributed by atoms with E-state index < -0.39 is 0 Å². The number of carbonyl (C=O) groups is 1. The van der Waals surface area contributed by atoms with Gasteiger partial charge in [-0.25, -0.2) is 4.98 Å². The molecular formula is C21H21N3O. The van der Waals surface area contributed by atoms with Gasteiger partial charge in [0.25, 0.3) is 5.91 Å². The molecular weight excluding hydrogens is 310 g/mol. The Bertz CT molecular complexity index is 934. The van der Waals surface area contributed by atoms with E-state index in [1.807, 2.05) is 55.5 Å². The van der Waals surface area contributed by atoms with Crippen molar-refractivity contribution in [2.24, 2.45) is 0 Å². The van der Waals surface area contributed by atoms with Gasteiger partial charge in [-0.15, -0.1) is 6.42 Å². The molecule has 0 saturated carbocycles. The van der Waals surface area contributed by atoms with Gasteiger partial charge < -0.3 is 9.88 Å². The fourth-order valence-corrected chi connectivity index (χ4v) is 2.96. The molecule has 1 heterocycles. The minimum absolute atomic E-state index is 0.0322. The van der Waals surface area contributed by atoms with E-state index in [9.17, 15) is 4.79 Å². The molecule has 4 nitrogen and oxygen atoms in total. The first-order valence-electron chi connectivity index (χ1n) is 8.42. The largest absolute Gasteiger partial charge is 0.352 e. The number of carbonyl (C=O) groups excluding carboxylic acids is 1. The summed E-state index contributed by atoms with van der Waals surface area (Å²) in [4.78, 5) is 16.9. The van der Waals surface area contributed by atoms with Gasteiger partial charge in [0, 0.05) is 18.5 Å². The Morgan fingerprint density at radius 3 is 2.76 bits per heavy atom. The Kier molecular flexibility index (Phi) is 5.15. The molecule has 0 spiro atoms. The number of hydrogen-bond acceptors (Lipinski definition) is 2. The van der Waals surface area contributed by atoms with Crippen molar-refractivity contribution in [2.45, 2.75) is 26.3 Å². The molecule has 25 heavy (non-hydrogen) atoms. The Labute approximate surface area is 147 Å². The average molecular weight is 331 g/mol. The Balaban J connectivity index is 1.62. The molecule has 0 radical (unpaired) electrons. The maximum Gasteiger partial charge on any atom is 0.251 e. The number of hydrogen-bond donors (Lipinski definition) is 1. The lowest BCUT2D eigenvalue weighted by molar-refractivity contribution is 0.0952. The third-order valence-corrected chi connectivity index (χ3v) is 4.24. The number of nitrogens with zero attached hydrogens (tertiary/aromatic N) is 2. The van der Waals surface area contributed by atoms with Crippen molar-refractivity contribution in [1.29, 1.82) is 0 Å². The van der Waals surface area contributed by atoms with Crippen LogP contribution in [0.15, 0.2) is 48.5 Å². The number of aryl methyl sites for hydroxylation is 2. The summed E-state index contributed by atoms with van der Waals surface area (Å²) < 4.78 is 2.07. The highest BCUT2D eigenvalue weighted by Gasteiger charge is 2.10. The molecule has 3 rings (SSSR count). The molecule has 1 N–H and O–H groups in total. The second-order valence-electron chi connectivity index (χ2n) is 5.98. The van der Waals surface area contributed by atoms with Crippen LogP contribution < -0.4 is 5.32 Å². The van der Waals surface area contributed by atoms with Crippen LogP contribution in [0.4, 0.5) is 0 Å². The van der Waals surface area contributed by atoms with Crippen molar-refractivity contribution in [3.05, 3.63) is 65.5 Å². The first-order valence-corrected chi connectivity index (χ1v) is 8.42. The normalized spacial score (nSPS) is 10.6. The topological polar surface area (TPSA) is 46.9 Å². The zero-order valence-corrected chi connectivity index (χ0v) is 14.3. The van der Waals surface area contributed by atoms with E-state index in [2.05, 4.69) is 20.8 Å². The molecule has 0 bridgehead atoms. The van der Waals surface area contributed by atoms with E-state index in [-0.39, 0.29) is 5.91 Å². The molecule has 0 aliphatic carbocycles. The molecule has 0 aliphatic heterocycles. The molecule has 126 valence electrons. The van der Waals surface area contributed by atoms with E-state index >= 15 is 0 Å². The third kappa shape index (κ3) is 3.72. The summed E-state index contributed by atoms with van der Waals surface area (Å²) in [5.74, 6) is 3.62. The summed E-state index contributed by atoms with van der Waals surface area (Å²) in [5, 5.41) is 2.98. The summed E-state index contributed by atoms with van der Waals surface area (Å²) in [5.41, 5.74) is 3.72. The Morgan fingerprint density at radius 1 is 1.20 bits per heavy atom. The maximum atomic E-state index is 12.2. The van der Waals surface area contributed by atoms with Crippen LogP contribution in [0, 0.1) is 19.3 Å². The van der Waals surface area contributed by atoms with Crippen LogP contribution in [-0.2, 0) is 13.0 Å². The number of amides is 1. The lowest BCUT2D eigenvalue weighted by atomic mass is 10.1. The van der Waals surface area contributed by atoms with Gasteiger partial charge in [0.15, 0.2) is 0 Å². The summed E-state index contributed by atoms with van der Waals surface area (Å²) in [6, 6.07) is 15.6. The number of para-hydroxylation sites is 2. The average Bonchev–Trinajstić information content (AvgIpc) is 2.97. The lowest BCUT2D eigenvalue weighted by Crippen LogP contribution is -2.25. The predicted octanol–water partition coefficient (Wildman–Crippen LogP) is 3.34. The van der Waals surface area contributed by atoms with E-state index in [1.165, 1.54) is 0 Å². The number of benzene rings is 2. The van der Waals surface area contributed by atoms with Crippen LogP contribution >= 0.6 is 0 Å². The van der Waals surface area contributed by atoms with Crippen molar-refractivity contribution >= 4 is 16.9 Å². The molecule has 4 heteroatoms. The van der Waals surface area contributed by atoms with Gasteiger partial charge in [0.2, 0.25) is 0 Å². The lowest BCUT2D eigenvalue weighted by Gasteiger charge is -2.08. The summed E-state index contributed by atoms with van der Waals surface area (Å²) in [6.07, 6.45) is 7.08. The smallest absolute Gasteiger partial charge is 0.251 e. The van der Waals surface area contributed by atoms with Crippen molar-refractivity contribution in [3.63, 3.8) is 0 Å². The quantitative estimate of drug-likeness (QED) is 0.556. The second-order valence-corrected chi connectivity index (χ2v) is 5.98. The van der Waals surface area contributed by atoms with Crippen molar-refractivity contribution in [3.8, 4) is 12.3 Å². The van der Waals surface area contributed by atoms with Crippen molar-refractivity contribution in [1.82, 2.24) is 14.9 Å². The number of imidazole rings is 1. The van der Waals surface area contributed by atoms with Crippen LogP contribution in [-0.4, -0.2) is 22.0 Å². The van der Waals surface area contributed by atoms with E-state index in [4.69, 9.17) is 6.42 Å². The number of terminal acetylenes is 1. The van der Waals surface area contributed by atoms with Gasteiger partial charge in [-0.2, -0.15) is 0 Å². The monoisotopic (exact) mass is 331 g/mol. The van der Waals surface area contributed by atoms with Crippen molar-refractivity contribution in [2.75, 3.05) is 6.54 Å². The molecule has 3 aromatic rings. The zero-order chi connectivity index (χ0) is 17.6. The van der Waals surface area contributed by atoms with Gasteiger partial charge >= 0.3 is 0 Å². The number of aromatic nitrogens is 2. The van der Waals surface area contributed by atoms with E-state index in [0.717, 1.165) is 40.8 Å². The van der Waals surface area contributed by atoms with Gasteiger partial charge in [0.05, 0.1) is 17.6 Å². The SMILES string of the molecule is C#CCn1c(CCCNC(=O)c2ccccc2C)nc2ccccc21. The third-order valence-electron chi connectivity index (χ3n) is 4.24. The fourth-order valence-electron chi connectivity index (χ4n) is 2.96. The highest BCUT2D eigenvalue weighted by molar-refractivity contribution is 5.95. The molecule has 0 saturated heterocycles. The van der Waals surface area contributed by atoms with Gasteiger partial charge in [0.1, 0.15) is 5.82 Å². The highest BCUT2D eigenvalue weighted by Crippen LogP contribution is 2.16. The first-order chi connectivity index (χ1) is 12.2. The molecule has 0 unspecified atom stereocenters. The van der Waals surface area contributed by atoms with Gasteiger partial charge in [-0.05, 0) is 37.1 Å². The second kappa shape index (κ2) is 7.67. The van der Waals surface area contributed by atoms with Crippen LogP contribution in [0.5, 0.6) is 0 Å². The van der Waals surface area contributed by atoms with Crippen LogP contribution in [0.2, 0.25) is 0 Å². The van der Waals surface area contributed by atoms with Gasteiger partial charge in [-0.3, -0.25) is 4.79 Å². The summed E-state index contributed by atoms with van der Waals surface area (Å²) in [7, 11) is 0. The van der Waals surface area contributed by atoms with Crippen LogP contribution in [0.3, 0.4) is 0 Å².